The number of para-hydroxylation sites is 1. The zero-order chi connectivity index (χ0) is 15.2. The molecule has 0 bridgehead atoms. The Balaban J connectivity index is 2.14. The number of benzene rings is 2. The summed E-state index contributed by atoms with van der Waals surface area (Å²) >= 11 is 3.34. The van der Waals surface area contributed by atoms with Crippen LogP contribution in [0, 0.1) is 0 Å². The van der Waals surface area contributed by atoms with Crippen LogP contribution in [0.5, 0.6) is 17.2 Å². The van der Waals surface area contributed by atoms with Crippen molar-refractivity contribution in [3.63, 3.8) is 0 Å². The minimum absolute atomic E-state index is 0.0901. The Morgan fingerprint density at radius 2 is 1.67 bits per heavy atom. The van der Waals surface area contributed by atoms with Crippen molar-refractivity contribution in [1.29, 1.82) is 0 Å². The van der Waals surface area contributed by atoms with Gasteiger partial charge in [-0.15, -0.1) is 0 Å². The van der Waals surface area contributed by atoms with Gasteiger partial charge >= 0.3 is 0 Å². The molecule has 0 saturated heterocycles. The van der Waals surface area contributed by atoms with Crippen LogP contribution in [0.1, 0.15) is 10.4 Å². The Hall–Kier alpha value is -2.01. The fourth-order valence-electron chi connectivity index (χ4n) is 1.84. The van der Waals surface area contributed by atoms with E-state index in [4.69, 9.17) is 14.2 Å². The average Bonchev–Trinajstić information content (AvgIpc) is 2.52. The molecule has 0 aromatic heterocycles. The summed E-state index contributed by atoms with van der Waals surface area (Å²) in [5, 5.41) is 0. The highest BCUT2D eigenvalue weighted by atomic mass is 79.9. The molecule has 0 unspecified atom stereocenters. The summed E-state index contributed by atoms with van der Waals surface area (Å²) in [5.74, 6) is 1.35. The highest BCUT2D eigenvalue weighted by Gasteiger charge is 2.14. The van der Waals surface area contributed by atoms with Crippen LogP contribution in [-0.2, 0) is 0 Å². The summed E-state index contributed by atoms with van der Waals surface area (Å²) in [6, 6.07) is 12.5. The highest BCUT2D eigenvalue weighted by Crippen LogP contribution is 2.36. The molecule has 0 radical (unpaired) electrons. The number of Topliss-reactive ketones (excluding diaryl/α,β-unsaturated/α-hetero) is 1. The largest absolute Gasteiger partial charge is 0.493 e. The summed E-state index contributed by atoms with van der Waals surface area (Å²) in [6.45, 7) is -0.0901. The number of hydrogen-bond acceptors (Lipinski definition) is 4. The summed E-state index contributed by atoms with van der Waals surface area (Å²) in [6.07, 6.45) is 0. The number of ketones is 1. The lowest BCUT2D eigenvalue weighted by Gasteiger charge is -2.13. The number of hydrogen-bond donors (Lipinski definition) is 0. The lowest BCUT2D eigenvalue weighted by molar-refractivity contribution is 0.0917. The third-order valence-electron chi connectivity index (χ3n) is 2.88. The molecule has 2 aromatic rings. The molecule has 4 nitrogen and oxygen atoms in total. The van der Waals surface area contributed by atoms with Crippen molar-refractivity contribution in [2.45, 2.75) is 0 Å². The molecule has 0 heterocycles. The van der Waals surface area contributed by atoms with Gasteiger partial charge in [-0.3, -0.25) is 4.79 Å². The zero-order valence-electron chi connectivity index (χ0n) is 11.8. The standard InChI is InChI=1S/C16H15BrO4/c1-19-14-7-4-8-15(20-2)16(14)21-10-13(18)11-5-3-6-12(17)9-11/h3-9H,10H2,1-2H3. The van der Waals surface area contributed by atoms with Crippen LogP contribution < -0.4 is 14.2 Å². The summed E-state index contributed by atoms with van der Waals surface area (Å²) in [4.78, 5) is 12.1. The lowest BCUT2D eigenvalue weighted by atomic mass is 10.1. The molecule has 2 aromatic carbocycles. The highest BCUT2D eigenvalue weighted by molar-refractivity contribution is 9.10. The Morgan fingerprint density at radius 1 is 1.05 bits per heavy atom. The summed E-state index contributed by atoms with van der Waals surface area (Å²) in [7, 11) is 3.08. The molecule has 0 N–H and O–H groups in total. The van der Waals surface area contributed by atoms with Gasteiger partial charge in [0.2, 0.25) is 5.75 Å². The van der Waals surface area contributed by atoms with Crippen molar-refractivity contribution in [1.82, 2.24) is 0 Å². The van der Waals surface area contributed by atoms with Crippen LogP contribution in [0.2, 0.25) is 0 Å². The lowest BCUT2D eigenvalue weighted by Crippen LogP contribution is -2.12. The second-order valence-corrected chi connectivity index (χ2v) is 5.13. The minimum atomic E-state index is -0.121. The zero-order valence-corrected chi connectivity index (χ0v) is 13.3. The van der Waals surface area contributed by atoms with Crippen molar-refractivity contribution in [3.05, 3.63) is 52.5 Å². The minimum Gasteiger partial charge on any atom is -0.493 e. The van der Waals surface area contributed by atoms with Crippen molar-refractivity contribution < 1.29 is 19.0 Å². The summed E-state index contributed by atoms with van der Waals surface area (Å²) < 4.78 is 16.9. The SMILES string of the molecule is COc1cccc(OC)c1OCC(=O)c1cccc(Br)c1. The molecule has 0 atom stereocenters. The molecular formula is C16H15BrO4. The number of halogens is 1. The third-order valence-corrected chi connectivity index (χ3v) is 3.37. The predicted octanol–water partition coefficient (Wildman–Crippen LogP) is 3.73. The van der Waals surface area contributed by atoms with E-state index in [9.17, 15) is 4.79 Å². The molecule has 0 saturated carbocycles. The molecule has 0 fully saturated rings. The maximum absolute atomic E-state index is 12.1. The Morgan fingerprint density at radius 3 is 2.24 bits per heavy atom. The van der Waals surface area contributed by atoms with E-state index >= 15 is 0 Å². The van der Waals surface area contributed by atoms with Crippen LogP contribution in [0.15, 0.2) is 46.9 Å². The van der Waals surface area contributed by atoms with Crippen LogP contribution in [0.3, 0.4) is 0 Å². The Kier molecular flexibility index (Phi) is 5.22. The van der Waals surface area contributed by atoms with E-state index < -0.39 is 0 Å². The maximum atomic E-state index is 12.1. The number of carbonyl (C=O) groups is 1. The van der Waals surface area contributed by atoms with E-state index in [2.05, 4.69) is 15.9 Å². The smallest absolute Gasteiger partial charge is 0.203 e. The van der Waals surface area contributed by atoms with Gasteiger partial charge in [0.05, 0.1) is 14.2 Å². The number of carbonyl (C=O) groups excluding carboxylic acids is 1. The monoisotopic (exact) mass is 350 g/mol. The molecule has 2 rings (SSSR count). The van der Waals surface area contributed by atoms with Gasteiger partial charge in [0, 0.05) is 10.0 Å². The molecule has 0 aliphatic carbocycles. The first kappa shape index (κ1) is 15.4. The van der Waals surface area contributed by atoms with Crippen LogP contribution >= 0.6 is 15.9 Å². The van der Waals surface area contributed by atoms with E-state index in [0.717, 1.165) is 4.47 Å². The first-order chi connectivity index (χ1) is 10.2. The molecule has 5 heteroatoms. The molecule has 0 aliphatic rings. The van der Waals surface area contributed by atoms with Gasteiger partial charge in [-0.2, -0.15) is 0 Å². The van der Waals surface area contributed by atoms with Crippen molar-refractivity contribution in [2.24, 2.45) is 0 Å². The van der Waals surface area contributed by atoms with E-state index in [1.807, 2.05) is 6.07 Å². The van der Waals surface area contributed by atoms with Gasteiger partial charge in [-0.25, -0.2) is 0 Å². The topological polar surface area (TPSA) is 44.8 Å². The van der Waals surface area contributed by atoms with Gasteiger partial charge in [-0.1, -0.05) is 34.1 Å². The quantitative estimate of drug-likeness (QED) is 0.744. The fraction of sp³-hybridized carbons (Fsp3) is 0.188. The number of rotatable bonds is 6. The molecule has 0 amide bonds. The summed E-state index contributed by atoms with van der Waals surface area (Å²) in [5.41, 5.74) is 0.582. The second kappa shape index (κ2) is 7.13. The Labute approximate surface area is 131 Å². The van der Waals surface area contributed by atoms with Gasteiger partial charge in [-0.05, 0) is 24.3 Å². The van der Waals surface area contributed by atoms with E-state index in [-0.39, 0.29) is 12.4 Å². The normalized spacial score (nSPS) is 10.0. The molecular weight excluding hydrogens is 336 g/mol. The van der Waals surface area contributed by atoms with Crippen molar-refractivity contribution in [3.8, 4) is 17.2 Å². The molecule has 0 spiro atoms. The van der Waals surface area contributed by atoms with E-state index in [1.165, 1.54) is 14.2 Å². The molecule has 21 heavy (non-hydrogen) atoms. The first-order valence-electron chi connectivity index (χ1n) is 6.28. The van der Waals surface area contributed by atoms with Crippen molar-refractivity contribution in [2.75, 3.05) is 20.8 Å². The van der Waals surface area contributed by atoms with Gasteiger partial charge in [0.1, 0.15) is 0 Å². The second-order valence-electron chi connectivity index (χ2n) is 4.21. The number of methoxy groups -OCH3 is 2. The van der Waals surface area contributed by atoms with Gasteiger partial charge in [0.25, 0.3) is 0 Å². The third kappa shape index (κ3) is 3.76. The Bertz CT molecular complexity index is 618. The van der Waals surface area contributed by atoms with E-state index in [0.29, 0.717) is 22.8 Å². The van der Waals surface area contributed by atoms with Crippen LogP contribution in [0.25, 0.3) is 0 Å². The van der Waals surface area contributed by atoms with Crippen molar-refractivity contribution >= 4 is 21.7 Å². The average molecular weight is 351 g/mol. The maximum Gasteiger partial charge on any atom is 0.203 e. The first-order valence-corrected chi connectivity index (χ1v) is 7.07. The van der Waals surface area contributed by atoms with Crippen LogP contribution in [-0.4, -0.2) is 26.6 Å². The fourth-order valence-corrected chi connectivity index (χ4v) is 2.24. The van der Waals surface area contributed by atoms with Gasteiger partial charge in [0.15, 0.2) is 23.9 Å². The predicted molar refractivity (Wildman–Crippen MR) is 83.5 cm³/mol. The number of ether oxygens (including phenoxy) is 3. The van der Waals surface area contributed by atoms with E-state index in [1.54, 1.807) is 36.4 Å². The molecule has 0 aliphatic heterocycles. The van der Waals surface area contributed by atoms with Crippen LogP contribution in [0.4, 0.5) is 0 Å². The van der Waals surface area contributed by atoms with Gasteiger partial charge < -0.3 is 14.2 Å². The molecule has 110 valence electrons.